The van der Waals surface area contributed by atoms with Crippen molar-refractivity contribution in [2.75, 3.05) is 11.9 Å². The average molecular weight is 431 g/mol. The Morgan fingerprint density at radius 2 is 1.96 bits per heavy atom. The van der Waals surface area contributed by atoms with E-state index in [2.05, 4.69) is 36.7 Å². The number of amides is 2. The van der Waals surface area contributed by atoms with Crippen molar-refractivity contribution in [2.45, 2.75) is 37.6 Å². The predicted molar refractivity (Wildman–Crippen MR) is 101 cm³/mol. The zero-order valence-electron chi connectivity index (χ0n) is 13.6. The summed E-state index contributed by atoms with van der Waals surface area (Å²) in [7, 11) is 0. The van der Waals surface area contributed by atoms with E-state index in [1.165, 1.54) is 0 Å². The molecule has 3 rings (SSSR count). The van der Waals surface area contributed by atoms with Crippen LogP contribution in [-0.4, -0.2) is 22.7 Å². The highest BCUT2D eigenvalue weighted by molar-refractivity contribution is 9.10. The van der Waals surface area contributed by atoms with Crippen LogP contribution >= 0.6 is 28.3 Å². The van der Waals surface area contributed by atoms with E-state index in [1.54, 1.807) is 0 Å². The van der Waals surface area contributed by atoms with E-state index in [9.17, 15) is 4.79 Å². The van der Waals surface area contributed by atoms with Crippen LogP contribution in [0.1, 0.15) is 37.4 Å². The number of benzene rings is 1. The summed E-state index contributed by atoms with van der Waals surface area (Å²) >= 11 is 3.35. The molecule has 0 atom stereocenters. The van der Waals surface area contributed by atoms with E-state index in [4.69, 9.17) is 10.3 Å². The lowest BCUT2D eigenvalue weighted by molar-refractivity contribution is 0.252. The summed E-state index contributed by atoms with van der Waals surface area (Å²) in [5.41, 5.74) is 6.57. The molecule has 1 aliphatic carbocycles. The van der Waals surface area contributed by atoms with Crippen LogP contribution in [0.5, 0.6) is 0 Å². The number of nitrogens with one attached hydrogen (secondary N) is 2. The van der Waals surface area contributed by atoms with Gasteiger partial charge in [0.2, 0.25) is 5.89 Å². The number of hydrogen-bond acceptors (Lipinski definition) is 5. The maximum absolute atomic E-state index is 11.8. The number of hydrogen-bond donors (Lipinski definition) is 3. The van der Waals surface area contributed by atoms with E-state index in [-0.39, 0.29) is 18.4 Å². The van der Waals surface area contributed by atoms with Crippen molar-refractivity contribution >= 4 is 40.1 Å². The smallest absolute Gasteiger partial charge is 0.319 e. The van der Waals surface area contributed by atoms with Crippen LogP contribution in [0.25, 0.3) is 0 Å². The Labute approximate surface area is 160 Å². The molecule has 1 aromatic carbocycles. The highest BCUT2D eigenvalue weighted by Crippen LogP contribution is 2.34. The third-order valence-electron chi connectivity index (χ3n) is 4.14. The van der Waals surface area contributed by atoms with Crippen LogP contribution < -0.4 is 16.4 Å². The third kappa shape index (κ3) is 5.17. The quantitative estimate of drug-likeness (QED) is 0.674. The van der Waals surface area contributed by atoms with Crippen LogP contribution in [0.2, 0.25) is 0 Å². The van der Waals surface area contributed by atoms with E-state index < -0.39 is 5.54 Å². The lowest BCUT2D eigenvalue weighted by Crippen LogP contribution is -2.34. The first-order valence-electron chi connectivity index (χ1n) is 7.97. The Hall–Kier alpha value is -1.64. The van der Waals surface area contributed by atoms with Gasteiger partial charge < -0.3 is 20.9 Å². The van der Waals surface area contributed by atoms with Crippen molar-refractivity contribution < 1.29 is 9.32 Å². The first kappa shape index (κ1) is 19.7. The van der Waals surface area contributed by atoms with Gasteiger partial charge in [-0.05, 0) is 37.1 Å². The Kier molecular flexibility index (Phi) is 6.80. The molecule has 1 saturated carbocycles. The second-order valence-electron chi connectivity index (χ2n) is 6.01. The van der Waals surface area contributed by atoms with Crippen molar-refractivity contribution in [1.29, 1.82) is 0 Å². The molecule has 7 nitrogen and oxygen atoms in total. The number of rotatable bonds is 5. The molecular formula is C16H21BrClN5O2. The van der Waals surface area contributed by atoms with Gasteiger partial charge in [0.05, 0.1) is 5.54 Å². The Morgan fingerprint density at radius 1 is 1.28 bits per heavy atom. The second-order valence-corrected chi connectivity index (χ2v) is 6.93. The van der Waals surface area contributed by atoms with Crippen LogP contribution in [0, 0.1) is 0 Å². The lowest BCUT2D eigenvalue weighted by Gasteiger charge is -2.17. The van der Waals surface area contributed by atoms with Crippen LogP contribution in [0.15, 0.2) is 33.3 Å². The first-order valence-corrected chi connectivity index (χ1v) is 8.77. The number of halogens is 2. The standard InChI is InChI=1S/C16H20BrN5O2.ClH/c17-11-3-5-12(6-4-11)20-15(23)19-10-7-13-21-14(22-24-13)16(18)8-1-2-9-16;/h3-6H,1-2,7-10,18H2,(H2,19,20,23);1H. The Balaban J connectivity index is 0.00000225. The van der Waals surface area contributed by atoms with Crippen molar-refractivity contribution in [3.8, 4) is 0 Å². The van der Waals surface area contributed by atoms with Gasteiger partial charge in [-0.1, -0.05) is 33.9 Å². The van der Waals surface area contributed by atoms with Gasteiger partial charge in [-0.25, -0.2) is 4.79 Å². The number of nitrogens with zero attached hydrogens (tertiary/aromatic N) is 2. The highest BCUT2D eigenvalue weighted by atomic mass is 79.9. The van der Waals surface area contributed by atoms with Crippen molar-refractivity contribution in [3.05, 3.63) is 40.5 Å². The molecule has 25 heavy (non-hydrogen) atoms. The SMILES string of the molecule is Cl.NC1(c2noc(CCNC(=O)Nc3ccc(Br)cc3)n2)CCCC1. The second kappa shape index (κ2) is 8.64. The summed E-state index contributed by atoms with van der Waals surface area (Å²) in [4.78, 5) is 16.2. The lowest BCUT2D eigenvalue weighted by atomic mass is 9.99. The molecule has 1 aromatic heterocycles. The largest absolute Gasteiger partial charge is 0.339 e. The van der Waals surface area contributed by atoms with Gasteiger partial charge >= 0.3 is 6.03 Å². The fraction of sp³-hybridized carbons (Fsp3) is 0.438. The molecule has 0 spiro atoms. The van der Waals surface area contributed by atoms with Crippen molar-refractivity contribution in [2.24, 2.45) is 5.73 Å². The van der Waals surface area contributed by atoms with Gasteiger partial charge in [0.25, 0.3) is 0 Å². The van der Waals surface area contributed by atoms with Crippen molar-refractivity contribution in [1.82, 2.24) is 15.5 Å². The number of urea groups is 1. The molecule has 4 N–H and O–H groups in total. The fourth-order valence-corrected chi connectivity index (χ4v) is 3.04. The van der Waals surface area contributed by atoms with E-state index in [0.717, 1.165) is 35.8 Å². The summed E-state index contributed by atoms with van der Waals surface area (Å²) in [6.07, 6.45) is 4.44. The molecule has 2 aromatic rings. The maximum atomic E-state index is 11.8. The fourth-order valence-electron chi connectivity index (χ4n) is 2.78. The average Bonchev–Trinajstić information content (AvgIpc) is 3.20. The van der Waals surface area contributed by atoms with E-state index >= 15 is 0 Å². The molecule has 0 aliphatic heterocycles. The topological polar surface area (TPSA) is 106 Å². The number of aromatic nitrogens is 2. The van der Waals surface area contributed by atoms with Gasteiger partial charge in [0.15, 0.2) is 5.82 Å². The molecule has 1 fully saturated rings. The van der Waals surface area contributed by atoms with Gasteiger partial charge in [0, 0.05) is 23.1 Å². The molecule has 0 saturated heterocycles. The molecule has 0 radical (unpaired) electrons. The molecule has 1 aliphatic rings. The van der Waals surface area contributed by atoms with Gasteiger partial charge in [-0.3, -0.25) is 0 Å². The number of carbonyl (C=O) groups is 1. The molecular weight excluding hydrogens is 410 g/mol. The third-order valence-corrected chi connectivity index (χ3v) is 4.66. The van der Waals surface area contributed by atoms with E-state index in [1.807, 2.05) is 24.3 Å². The normalized spacial score (nSPS) is 15.4. The monoisotopic (exact) mass is 429 g/mol. The number of nitrogens with two attached hydrogens (primary N) is 1. The van der Waals surface area contributed by atoms with Gasteiger partial charge in [0.1, 0.15) is 0 Å². The summed E-state index contributed by atoms with van der Waals surface area (Å²) in [5, 5.41) is 9.52. The van der Waals surface area contributed by atoms with Crippen LogP contribution in [0.4, 0.5) is 10.5 Å². The van der Waals surface area contributed by atoms with Crippen molar-refractivity contribution in [3.63, 3.8) is 0 Å². The minimum Gasteiger partial charge on any atom is -0.339 e. The minimum atomic E-state index is -0.450. The zero-order chi connectivity index (χ0) is 17.0. The molecule has 2 amide bonds. The summed E-state index contributed by atoms with van der Waals surface area (Å²) in [6, 6.07) is 7.08. The summed E-state index contributed by atoms with van der Waals surface area (Å²) in [6.45, 7) is 0.404. The van der Waals surface area contributed by atoms with E-state index in [0.29, 0.717) is 24.7 Å². The van der Waals surface area contributed by atoms with Gasteiger partial charge in [-0.15, -0.1) is 12.4 Å². The summed E-state index contributed by atoms with van der Waals surface area (Å²) in [5.74, 6) is 1.07. The molecule has 1 heterocycles. The maximum Gasteiger partial charge on any atom is 0.319 e. The molecule has 9 heteroatoms. The number of carbonyl (C=O) groups excluding carboxylic acids is 1. The molecule has 136 valence electrons. The molecule has 0 bridgehead atoms. The van der Waals surface area contributed by atoms with Crippen LogP contribution in [0.3, 0.4) is 0 Å². The summed E-state index contributed by atoms with van der Waals surface area (Å²) < 4.78 is 6.20. The van der Waals surface area contributed by atoms with Crippen LogP contribution in [-0.2, 0) is 12.0 Å². The Morgan fingerprint density at radius 3 is 2.64 bits per heavy atom. The zero-order valence-corrected chi connectivity index (χ0v) is 16.0. The minimum absolute atomic E-state index is 0. The first-order chi connectivity index (χ1) is 11.5. The predicted octanol–water partition coefficient (Wildman–Crippen LogP) is 3.35. The highest BCUT2D eigenvalue weighted by Gasteiger charge is 2.35. The number of anilines is 1. The Bertz CT molecular complexity index is 701. The van der Waals surface area contributed by atoms with Gasteiger partial charge in [-0.2, -0.15) is 4.98 Å². The molecule has 0 unspecified atom stereocenters.